The zero-order valence-electron chi connectivity index (χ0n) is 24.0. The number of carbonyl (C=O) groups is 1. The number of aryl methyl sites for hydroxylation is 1. The Kier molecular flexibility index (Phi) is 9.76. The molecule has 4 rings (SSSR count). The van der Waals surface area contributed by atoms with E-state index in [1.807, 2.05) is 30.5 Å². The highest BCUT2D eigenvalue weighted by atomic mass is 16.5. The molecular weight excluding hydrogens is 500 g/mol. The van der Waals surface area contributed by atoms with Crippen molar-refractivity contribution in [1.29, 1.82) is 0 Å². The number of hydrogen-bond donors (Lipinski definition) is 2. The highest BCUT2D eigenvalue weighted by Gasteiger charge is 2.19. The van der Waals surface area contributed by atoms with E-state index in [1.54, 1.807) is 27.3 Å². The first-order valence-electron chi connectivity index (χ1n) is 13.6. The SMILES string of the molecule is CC/C(=C(/c1ccc(OCCNC/C=C/C(=O)N(C)C)nc1)c1[nH]c2ccccc2c1C)c1cccc(OC)c1. The van der Waals surface area contributed by atoms with Crippen LogP contribution in [0.15, 0.2) is 79.0 Å². The van der Waals surface area contributed by atoms with E-state index in [4.69, 9.17) is 9.47 Å². The molecule has 2 N–H and O–H groups in total. The number of nitrogens with zero attached hydrogens (tertiary/aromatic N) is 2. The number of allylic oxidation sites excluding steroid dienone is 1. The summed E-state index contributed by atoms with van der Waals surface area (Å²) in [5.74, 6) is 1.36. The van der Waals surface area contributed by atoms with Gasteiger partial charge in [-0.2, -0.15) is 0 Å². The second-order valence-electron chi connectivity index (χ2n) is 9.68. The predicted octanol–water partition coefficient (Wildman–Crippen LogP) is 5.86. The summed E-state index contributed by atoms with van der Waals surface area (Å²) >= 11 is 0. The van der Waals surface area contributed by atoms with Gasteiger partial charge < -0.3 is 24.7 Å². The molecule has 4 aromatic rings. The van der Waals surface area contributed by atoms with Crippen LogP contribution in [-0.2, 0) is 4.79 Å². The topological polar surface area (TPSA) is 79.5 Å². The molecule has 0 atom stereocenters. The maximum atomic E-state index is 11.6. The Bertz CT molecular complexity index is 1500. The fourth-order valence-electron chi connectivity index (χ4n) is 4.67. The van der Waals surface area contributed by atoms with Crippen molar-refractivity contribution in [3.63, 3.8) is 0 Å². The van der Waals surface area contributed by atoms with Crippen LogP contribution >= 0.6 is 0 Å². The van der Waals surface area contributed by atoms with Crippen molar-refractivity contribution in [2.24, 2.45) is 0 Å². The maximum absolute atomic E-state index is 11.6. The molecule has 0 bridgehead atoms. The number of benzene rings is 2. The lowest BCUT2D eigenvalue weighted by atomic mass is 9.90. The third-order valence-corrected chi connectivity index (χ3v) is 6.81. The third-order valence-electron chi connectivity index (χ3n) is 6.81. The quantitative estimate of drug-likeness (QED) is 0.174. The molecule has 208 valence electrons. The fraction of sp³-hybridized carbons (Fsp3) is 0.273. The number of para-hydroxylation sites is 1. The molecule has 0 aliphatic carbocycles. The Morgan fingerprint density at radius 3 is 2.60 bits per heavy atom. The molecule has 2 aromatic carbocycles. The number of nitrogens with one attached hydrogen (secondary N) is 2. The van der Waals surface area contributed by atoms with Gasteiger partial charge in [-0.25, -0.2) is 4.98 Å². The summed E-state index contributed by atoms with van der Waals surface area (Å²) in [6, 6.07) is 20.6. The molecule has 0 aliphatic heterocycles. The fourth-order valence-corrected chi connectivity index (χ4v) is 4.67. The Balaban J connectivity index is 1.58. The van der Waals surface area contributed by atoms with Crippen LogP contribution in [-0.4, -0.2) is 61.7 Å². The Morgan fingerprint density at radius 1 is 1.07 bits per heavy atom. The highest BCUT2D eigenvalue weighted by Crippen LogP contribution is 2.38. The van der Waals surface area contributed by atoms with Gasteiger partial charge in [0.25, 0.3) is 0 Å². The van der Waals surface area contributed by atoms with Crippen LogP contribution in [0.2, 0.25) is 0 Å². The molecule has 0 spiro atoms. The van der Waals surface area contributed by atoms with Gasteiger partial charge in [-0.15, -0.1) is 0 Å². The van der Waals surface area contributed by atoms with E-state index in [0.717, 1.165) is 40.1 Å². The number of methoxy groups -OCH3 is 1. The third kappa shape index (κ3) is 6.79. The van der Waals surface area contributed by atoms with E-state index >= 15 is 0 Å². The monoisotopic (exact) mass is 538 g/mol. The summed E-state index contributed by atoms with van der Waals surface area (Å²) in [7, 11) is 5.15. The number of likely N-dealkylation sites (N-methyl/N-ethyl adjacent to an activating group) is 1. The number of rotatable bonds is 12. The Labute approximate surface area is 236 Å². The number of aromatic amines is 1. The molecule has 0 radical (unpaired) electrons. The standard InChI is InChI=1S/C33H38N4O3/c1-6-27(24-11-9-12-26(21-24)39-5)32(33-23(2)28-13-7-8-14-29(28)36-33)25-16-17-30(35-22-25)40-20-19-34-18-10-15-31(38)37(3)4/h7-17,21-22,34,36H,6,18-20H2,1-5H3/b15-10+,32-27+. The first-order valence-corrected chi connectivity index (χ1v) is 13.6. The van der Waals surface area contributed by atoms with Crippen LogP contribution in [0.4, 0.5) is 0 Å². The Hall–Kier alpha value is -4.36. The number of H-pyrrole nitrogens is 1. The molecule has 40 heavy (non-hydrogen) atoms. The number of pyridine rings is 1. The molecule has 0 saturated carbocycles. The van der Waals surface area contributed by atoms with Gasteiger partial charge in [0.1, 0.15) is 12.4 Å². The first kappa shape index (κ1) is 28.6. The van der Waals surface area contributed by atoms with Gasteiger partial charge in [-0.3, -0.25) is 4.79 Å². The van der Waals surface area contributed by atoms with E-state index in [9.17, 15) is 4.79 Å². The molecule has 0 saturated heterocycles. The normalized spacial score (nSPS) is 12.0. The van der Waals surface area contributed by atoms with Crippen molar-refractivity contribution in [3.8, 4) is 11.6 Å². The molecule has 7 heteroatoms. The zero-order valence-corrected chi connectivity index (χ0v) is 24.0. The predicted molar refractivity (Wildman–Crippen MR) is 163 cm³/mol. The van der Waals surface area contributed by atoms with E-state index in [2.05, 4.69) is 71.6 Å². The van der Waals surface area contributed by atoms with Crippen molar-refractivity contribution in [2.45, 2.75) is 20.3 Å². The van der Waals surface area contributed by atoms with Crippen LogP contribution in [0.25, 0.3) is 22.0 Å². The molecule has 0 fully saturated rings. The lowest BCUT2D eigenvalue weighted by Crippen LogP contribution is -2.22. The van der Waals surface area contributed by atoms with E-state index in [1.165, 1.54) is 21.4 Å². The van der Waals surface area contributed by atoms with Gasteiger partial charge in [-0.05, 0) is 54.3 Å². The van der Waals surface area contributed by atoms with E-state index in [0.29, 0.717) is 25.6 Å². The maximum Gasteiger partial charge on any atom is 0.245 e. The minimum absolute atomic E-state index is 0.0315. The smallest absolute Gasteiger partial charge is 0.245 e. The molecule has 1 amide bonds. The number of hydrogen-bond acceptors (Lipinski definition) is 5. The van der Waals surface area contributed by atoms with Crippen molar-refractivity contribution >= 4 is 28.0 Å². The van der Waals surface area contributed by atoms with Gasteiger partial charge >= 0.3 is 0 Å². The summed E-state index contributed by atoms with van der Waals surface area (Å²) in [5.41, 5.74) is 7.83. The average molecular weight is 539 g/mol. The second-order valence-corrected chi connectivity index (χ2v) is 9.68. The van der Waals surface area contributed by atoms with Crippen LogP contribution in [0.1, 0.15) is 35.7 Å². The number of aromatic nitrogens is 2. The minimum atomic E-state index is -0.0315. The van der Waals surface area contributed by atoms with Crippen molar-refractivity contribution in [2.75, 3.05) is 40.9 Å². The molecule has 0 aliphatic rings. The summed E-state index contributed by atoms with van der Waals surface area (Å²) in [5, 5.41) is 4.44. The molecule has 2 heterocycles. The van der Waals surface area contributed by atoms with Crippen molar-refractivity contribution in [3.05, 3.63) is 101 Å². The van der Waals surface area contributed by atoms with Crippen LogP contribution in [0, 0.1) is 6.92 Å². The van der Waals surface area contributed by atoms with Crippen LogP contribution < -0.4 is 14.8 Å². The molecule has 2 aromatic heterocycles. The van der Waals surface area contributed by atoms with Gasteiger partial charge in [0, 0.05) is 67.6 Å². The average Bonchev–Trinajstić information content (AvgIpc) is 3.31. The molecule has 7 nitrogen and oxygen atoms in total. The van der Waals surface area contributed by atoms with Gasteiger partial charge in [0.15, 0.2) is 0 Å². The van der Waals surface area contributed by atoms with Crippen LogP contribution in [0.3, 0.4) is 0 Å². The number of ether oxygens (including phenoxy) is 2. The summed E-state index contributed by atoms with van der Waals surface area (Å²) in [4.78, 5) is 21.4. The lowest BCUT2D eigenvalue weighted by molar-refractivity contribution is -0.123. The minimum Gasteiger partial charge on any atom is -0.497 e. The van der Waals surface area contributed by atoms with Gasteiger partial charge in [0.2, 0.25) is 11.8 Å². The second kappa shape index (κ2) is 13.6. The van der Waals surface area contributed by atoms with Crippen molar-refractivity contribution < 1.29 is 14.3 Å². The highest BCUT2D eigenvalue weighted by molar-refractivity contribution is 6.02. The van der Waals surface area contributed by atoms with Gasteiger partial charge in [0.05, 0.1) is 12.8 Å². The first-order chi connectivity index (χ1) is 19.4. The summed E-state index contributed by atoms with van der Waals surface area (Å²) in [6.07, 6.45) is 6.08. The number of fused-ring (bicyclic) bond motifs is 1. The van der Waals surface area contributed by atoms with Crippen molar-refractivity contribution in [1.82, 2.24) is 20.2 Å². The lowest BCUT2D eigenvalue weighted by Gasteiger charge is -2.17. The largest absolute Gasteiger partial charge is 0.497 e. The summed E-state index contributed by atoms with van der Waals surface area (Å²) in [6.45, 7) is 6.04. The van der Waals surface area contributed by atoms with Gasteiger partial charge in [-0.1, -0.05) is 43.3 Å². The van der Waals surface area contributed by atoms with E-state index in [-0.39, 0.29) is 5.91 Å². The Morgan fingerprint density at radius 2 is 1.90 bits per heavy atom. The molecular formula is C33H38N4O3. The molecule has 0 unspecified atom stereocenters. The van der Waals surface area contributed by atoms with E-state index < -0.39 is 0 Å². The number of amides is 1. The summed E-state index contributed by atoms with van der Waals surface area (Å²) < 4.78 is 11.4. The number of carbonyl (C=O) groups excluding carboxylic acids is 1. The van der Waals surface area contributed by atoms with Crippen LogP contribution in [0.5, 0.6) is 11.6 Å². The zero-order chi connectivity index (χ0) is 28.5.